The molecule has 0 bridgehead atoms. The van der Waals surface area contributed by atoms with Gasteiger partial charge in [-0.1, -0.05) is 6.07 Å². The van der Waals surface area contributed by atoms with E-state index in [9.17, 15) is 30.8 Å². The predicted molar refractivity (Wildman–Crippen MR) is 127 cm³/mol. The van der Waals surface area contributed by atoms with Gasteiger partial charge in [-0.05, 0) is 37.1 Å². The summed E-state index contributed by atoms with van der Waals surface area (Å²) >= 11 is 0. The molecule has 1 N–H and O–H groups in total. The van der Waals surface area contributed by atoms with Crippen LogP contribution in [0.3, 0.4) is 0 Å². The Kier molecular flexibility index (Phi) is 8.64. The molecule has 2 aliphatic rings. The summed E-state index contributed by atoms with van der Waals surface area (Å²) in [4.78, 5) is 18.4. The van der Waals surface area contributed by atoms with Crippen LogP contribution in [0.5, 0.6) is 0 Å². The van der Waals surface area contributed by atoms with Crippen molar-refractivity contribution >= 4 is 28.3 Å². The fraction of sp³-hybridized carbons (Fsp3) is 0.478. The van der Waals surface area contributed by atoms with Gasteiger partial charge in [-0.15, -0.1) is 12.4 Å². The largest absolute Gasteiger partial charge is 0.350 e. The number of piperazine rings is 1. The molecule has 198 valence electrons. The highest BCUT2D eigenvalue weighted by molar-refractivity contribution is 7.89. The van der Waals surface area contributed by atoms with Gasteiger partial charge in [-0.3, -0.25) is 14.7 Å². The molecule has 2 aromatic rings. The number of carbonyl (C=O) groups excluding carboxylic acids is 1. The summed E-state index contributed by atoms with van der Waals surface area (Å²) in [6.45, 7) is 0.686. The van der Waals surface area contributed by atoms with Gasteiger partial charge >= 0.3 is 0 Å². The molecule has 0 radical (unpaired) electrons. The molecular formula is C23H27ClF4N4O3S. The Hall–Kier alpha value is -2.28. The van der Waals surface area contributed by atoms with Gasteiger partial charge in [0.15, 0.2) is 0 Å². The molecule has 1 amide bonds. The molecule has 1 aromatic heterocycles. The maximum absolute atomic E-state index is 14.0. The highest BCUT2D eigenvalue weighted by Gasteiger charge is 2.48. The molecular weight excluding hydrogens is 524 g/mol. The summed E-state index contributed by atoms with van der Waals surface area (Å²) < 4.78 is 83.2. The van der Waals surface area contributed by atoms with Crippen molar-refractivity contribution in [1.29, 1.82) is 0 Å². The standard InChI is InChI=1S/C23H26F4N4O3S.ClH/c24-18-4-1-5-19(25)20(18)21(32)29-16-22(6-8-23(26,27)9-7-22)30-11-13-31(14-12-30)35(33,34)17-3-2-10-28-15-17;/h1-5,10,15H,6-9,11-14,16H2,(H,29,32);1H. The molecule has 0 atom stereocenters. The minimum Gasteiger partial charge on any atom is -0.350 e. The lowest BCUT2D eigenvalue weighted by molar-refractivity contribution is -0.0856. The van der Waals surface area contributed by atoms with Gasteiger partial charge in [0.2, 0.25) is 15.9 Å². The lowest BCUT2D eigenvalue weighted by Crippen LogP contribution is -2.63. The van der Waals surface area contributed by atoms with Crippen molar-refractivity contribution in [3.63, 3.8) is 0 Å². The molecule has 1 aromatic carbocycles. The molecule has 4 rings (SSSR count). The van der Waals surface area contributed by atoms with E-state index >= 15 is 0 Å². The van der Waals surface area contributed by atoms with Gasteiger partial charge in [0.05, 0.1) is 0 Å². The van der Waals surface area contributed by atoms with Gasteiger partial charge in [0.1, 0.15) is 22.1 Å². The zero-order valence-electron chi connectivity index (χ0n) is 19.3. The number of nitrogens with one attached hydrogen (secondary N) is 1. The minimum absolute atomic E-state index is 0. The first kappa shape index (κ1) is 28.3. The third kappa shape index (κ3) is 5.82. The Labute approximate surface area is 213 Å². The summed E-state index contributed by atoms with van der Waals surface area (Å²) in [6, 6.07) is 6.07. The summed E-state index contributed by atoms with van der Waals surface area (Å²) in [5, 5.41) is 2.54. The van der Waals surface area contributed by atoms with Crippen LogP contribution in [0.25, 0.3) is 0 Å². The summed E-state index contributed by atoms with van der Waals surface area (Å²) in [5.74, 6) is -5.83. The highest BCUT2D eigenvalue weighted by Crippen LogP contribution is 2.42. The van der Waals surface area contributed by atoms with Gasteiger partial charge in [0.25, 0.3) is 5.91 Å². The van der Waals surface area contributed by atoms with Crippen molar-refractivity contribution in [1.82, 2.24) is 19.5 Å². The fourth-order valence-corrected chi connectivity index (χ4v) is 6.17. The minimum atomic E-state index is -3.75. The molecule has 1 aliphatic carbocycles. The van der Waals surface area contributed by atoms with E-state index in [1.807, 2.05) is 4.90 Å². The smallest absolute Gasteiger partial charge is 0.257 e. The maximum Gasteiger partial charge on any atom is 0.257 e. The van der Waals surface area contributed by atoms with E-state index < -0.39 is 57.4 Å². The Balaban J connectivity index is 0.00000361. The molecule has 0 spiro atoms. The van der Waals surface area contributed by atoms with E-state index in [1.165, 1.54) is 28.8 Å². The number of amides is 1. The summed E-state index contributed by atoms with van der Waals surface area (Å²) in [5.41, 5.74) is -1.61. The third-order valence-corrected chi connectivity index (χ3v) is 8.74. The second-order valence-corrected chi connectivity index (χ2v) is 10.9. The Bertz CT molecular complexity index is 1150. The Morgan fingerprint density at radius 3 is 2.14 bits per heavy atom. The predicted octanol–water partition coefficient (Wildman–Crippen LogP) is 3.47. The number of rotatable bonds is 6. The number of aromatic nitrogens is 1. The van der Waals surface area contributed by atoms with E-state index in [-0.39, 0.29) is 62.9 Å². The molecule has 1 saturated carbocycles. The molecule has 1 saturated heterocycles. The number of benzene rings is 1. The Morgan fingerprint density at radius 1 is 0.972 bits per heavy atom. The number of nitrogens with zero attached hydrogens (tertiary/aromatic N) is 3. The number of halogens is 5. The molecule has 0 unspecified atom stereocenters. The summed E-state index contributed by atoms with van der Waals surface area (Å²) in [7, 11) is -3.75. The van der Waals surface area contributed by atoms with Crippen LogP contribution in [0.2, 0.25) is 0 Å². The van der Waals surface area contributed by atoms with Crippen molar-refractivity contribution in [3.8, 4) is 0 Å². The van der Waals surface area contributed by atoms with Crippen molar-refractivity contribution in [2.75, 3.05) is 32.7 Å². The molecule has 2 heterocycles. The average Bonchev–Trinajstić information content (AvgIpc) is 2.84. The van der Waals surface area contributed by atoms with E-state index in [1.54, 1.807) is 0 Å². The van der Waals surface area contributed by atoms with Gasteiger partial charge < -0.3 is 5.32 Å². The van der Waals surface area contributed by atoms with E-state index in [0.717, 1.165) is 18.2 Å². The van der Waals surface area contributed by atoms with Gasteiger partial charge in [-0.25, -0.2) is 26.0 Å². The quantitative estimate of drug-likeness (QED) is 0.557. The van der Waals surface area contributed by atoms with Crippen LogP contribution < -0.4 is 5.32 Å². The van der Waals surface area contributed by atoms with Crippen LogP contribution in [-0.4, -0.2) is 72.7 Å². The zero-order chi connectivity index (χ0) is 25.3. The van der Waals surface area contributed by atoms with Crippen LogP contribution in [0.4, 0.5) is 17.6 Å². The van der Waals surface area contributed by atoms with Crippen LogP contribution in [-0.2, 0) is 10.0 Å². The number of carbonyl (C=O) groups is 1. The molecule has 13 heteroatoms. The van der Waals surface area contributed by atoms with Gasteiger partial charge in [0, 0.05) is 63.5 Å². The van der Waals surface area contributed by atoms with Crippen molar-refractivity contribution in [2.24, 2.45) is 0 Å². The van der Waals surface area contributed by atoms with Crippen LogP contribution in [0, 0.1) is 11.6 Å². The van der Waals surface area contributed by atoms with E-state index in [4.69, 9.17) is 0 Å². The number of alkyl halides is 2. The maximum atomic E-state index is 14.0. The van der Waals surface area contributed by atoms with Crippen LogP contribution in [0.1, 0.15) is 36.0 Å². The number of hydrogen-bond acceptors (Lipinski definition) is 5. The number of hydrogen-bond donors (Lipinski definition) is 1. The second-order valence-electron chi connectivity index (χ2n) is 8.94. The monoisotopic (exact) mass is 550 g/mol. The highest BCUT2D eigenvalue weighted by atomic mass is 35.5. The van der Waals surface area contributed by atoms with E-state index in [0.29, 0.717) is 0 Å². The third-order valence-electron chi connectivity index (χ3n) is 6.86. The Morgan fingerprint density at radius 2 is 1.58 bits per heavy atom. The van der Waals surface area contributed by atoms with Gasteiger partial charge in [-0.2, -0.15) is 4.31 Å². The average molecular weight is 551 g/mol. The first-order chi connectivity index (χ1) is 16.5. The van der Waals surface area contributed by atoms with E-state index in [2.05, 4.69) is 10.3 Å². The van der Waals surface area contributed by atoms with Crippen molar-refractivity contribution < 1.29 is 30.8 Å². The number of pyridine rings is 1. The molecule has 2 fully saturated rings. The SMILES string of the molecule is Cl.O=C(NCC1(N2CCN(S(=O)(=O)c3cccnc3)CC2)CCC(F)(F)CC1)c1c(F)cccc1F. The lowest BCUT2D eigenvalue weighted by atomic mass is 9.78. The van der Waals surface area contributed by atoms with Crippen molar-refractivity contribution in [2.45, 2.75) is 42.0 Å². The fourth-order valence-electron chi connectivity index (χ4n) is 4.79. The first-order valence-corrected chi connectivity index (χ1v) is 12.7. The van der Waals surface area contributed by atoms with Crippen LogP contribution in [0.15, 0.2) is 47.6 Å². The molecule has 1 aliphatic heterocycles. The second kappa shape index (κ2) is 11.0. The number of sulfonamides is 1. The molecule has 36 heavy (non-hydrogen) atoms. The topological polar surface area (TPSA) is 82.6 Å². The first-order valence-electron chi connectivity index (χ1n) is 11.3. The van der Waals surface area contributed by atoms with Crippen LogP contribution >= 0.6 is 12.4 Å². The molecule has 7 nitrogen and oxygen atoms in total. The van der Waals surface area contributed by atoms with Crippen molar-refractivity contribution in [3.05, 3.63) is 59.9 Å². The lowest BCUT2D eigenvalue weighted by Gasteiger charge is -2.50. The normalized spacial score (nSPS) is 20.3. The summed E-state index contributed by atoms with van der Waals surface area (Å²) in [6.07, 6.45) is 2.05. The zero-order valence-corrected chi connectivity index (χ0v) is 20.9.